The van der Waals surface area contributed by atoms with Crippen molar-refractivity contribution in [3.63, 3.8) is 0 Å². The van der Waals surface area contributed by atoms with Gasteiger partial charge in [-0.15, -0.1) is 0 Å². The Morgan fingerprint density at radius 2 is 2.18 bits per heavy atom. The lowest BCUT2D eigenvalue weighted by Gasteiger charge is -2.28. The van der Waals surface area contributed by atoms with E-state index in [4.69, 9.17) is 18.0 Å². The van der Waals surface area contributed by atoms with Crippen LogP contribution in [0.5, 0.6) is 0 Å². The molecular weight excluding hydrogens is 232 g/mol. The van der Waals surface area contributed by atoms with E-state index in [-0.39, 0.29) is 11.3 Å². The second-order valence-corrected chi connectivity index (χ2v) is 6.25. The lowest BCUT2D eigenvalue weighted by Crippen LogP contribution is -2.37. The molecule has 1 saturated heterocycles. The van der Waals surface area contributed by atoms with Gasteiger partial charge in [-0.3, -0.25) is 4.79 Å². The van der Waals surface area contributed by atoms with Gasteiger partial charge in [0, 0.05) is 24.9 Å². The third kappa shape index (κ3) is 4.26. The maximum Gasteiger partial charge on any atom is 0.222 e. The molecule has 0 aromatic rings. The van der Waals surface area contributed by atoms with E-state index in [1.54, 1.807) is 0 Å². The summed E-state index contributed by atoms with van der Waals surface area (Å²) in [4.78, 5) is 14.4. The van der Waals surface area contributed by atoms with Crippen molar-refractivity contribution in [2.45, 2.75) is 46.5 Å². The van der Waals surface area contributed by atoms with Gasteiger partial charge in [-0.1, -0.05) is 33.0 Å². The van der Waals surface area contributed by atoms with Gasteiger partial charge in [0.1, 0.15) is 0 Å². The van der Waals surface area contributed by atoms with E-state index in [0.717, 1.165) is 32.4 Å². The molecule has 1 heterocycles. The number of carbonyl (C=O) groups is 1. The van der Waals surface area contributed by atoms with Crippen LogP contribution in [-0.2, 0) is 4.79 Å². The molecule has 0 bridgehead atoms. The summed E-state index contributed by atoms with van der Waals surface area (Å²) in [7, 11) is 0. The van der Waals surface area contributed by atoms with Crippen molar-refractivity contribution < 1.29 is 4.79 Å². The summed E-state index contributed by atoms with van der Waals surface area (Å²) in [5, 5.41) is 0. The first-order valence-corrected chi connectivity index (χ1v) is 6.81. The molecule has 1 aliphatic rings. The minimum atomic E-state index is -0.159. The van der Waals surface area contributed by atoms with Gasteiger partial charge < -0.3 is 10.6 Å². The van der Waals surface area contributed by atoms with Crippen LogP contribution in [0.15, 0.2) is 0 Å². The first-order valence-electron chi connectivity index (χ1n) is 6.40. The fourth-order valence-corrected chi connectivity index (χ4v) is 2.05. The number of likely N-dealkylation sites (tertiary alicyclic amines) is 1. The second kappa shape index (κ2) is 5.80. The van der Waals surface area contributed by atoms with Crippen LogP contribution < -0.4 is 5.73 Å². The van der Waals surface area contributed by atoms with Crippen LogP contribution in [0.4, 0.5) is 0 Å². The molecule has 98 valence electrons. The van der Waals surface area contributed by atoms with E-state index >= 15 is 0 Å². The van der Waals surface area contributed by atoms with Crippen molar-refractivity contribution in [2.75, 3.05) is 13.1 Å². The number of amides is 1. The highest BCUT2D eigenvalue weighted by atomic mass is 32.1. The highest BCUT2D eigenvalue weighted by Gasteiger charge is 2.25. The Kier molecular flexibility index (Phi) is 4.92. The molecule has 17 heavy (non-hydrogen) atoms. The van der Waals surface area contributed by atoms with Gasteiger partial charge in [0.25, 0.3) is 0 Å². The number of nitrogens with two attached hydrogens (primary N) is 1. The molecule has 0 saturated carbocycles. The van der Waals surface area contributed by atoms with Crippen molar-refractivity contribution in [1.82, 2.24) is 4.90 Å². The maximum absolute atomic E-state index is 11.9. The monoisotopic (exact) mass is 256 g/mol. The molecule has 0 aromatic carbocycles. The minimum Gasteiger partial charge on any atom is -0.393 e. The summed E-state index contributed by atoms with van der Waals surface area (Å²) in [5.74, 6) is 0.945. The average molecular weight is 256 g/mol. The number of thiocarbonyl (C=S) groups is 1. The van der Waals surface area contributed by atoms with Gasteiger partial charge in [-0.05, 0) is 25.2 Å². The van der Waals surface area contributed by atoms with Crippen LogP contribution in [0.1, 0.15) is 46.5 Å². The summed E-state index contributed by atoms with van der Waals surface area (Å²) in [6.07, 6.45) is 3.67. The molecule has 0 spiro atoms. The molecule has 0 radical (unpaired) electrons. The van der Waals surface area contributed by atoms with Gasteiger partial charge in [0.2, 0.25) is 5.91 Å². The SMILES string of the molecule is CC1CCC(=O)N(CCC(C)(C)C(N)=S)CC1. The van der Waals surface area contributed by atoms with E-state index in [9.17, 15) is 4.79 Å². The number of hydrogen-bond donors (Lipinski definition) is 1. The largest absolute Gasteiger partial charge is 0.393 e. The van der Waals surface area contributed by atoms with E-state index in [1.807, 2.05) is 18.7 Å². The van der Waals surface area contributed by atoms with Gasteiger partial charge in [-0.25, -0.2) is 0 Å². The lowest BCUT2D eigenvalue weighted by atomic mass is 9.89. The van der Waals surface area contributed by atoms with Gasteiger partial charge in [0.05, 0.1) is 4.99 Å². The summed E-state index contributed by atoms with van der Waals surface area (Å²) in [6, 6.07) is 0. The molecule has 2 N–H and O–H groups in total. The Labute approximate surface area is 110 Å². The summed E-state index contributed by atoms with van der Waals surface area (Å²) in [6.45, 7) is 7.96. The topological polar surface area (TPSA) is 46.3 Å². The normalized spacial score (nSPS) is 22.4. The quantitative estimate of drug-likeness (QED) is 0.785. The molecule has 1 unspecified atom stereocenters. The zero-order valence-electron chi connectivity index (χ0n) is 11.2. The van der Waals surface area contributed by atoms with Crippen LogP contribution in [0, 0.1) is 11.3 Å². The van der Waals surface area contributed by atoms with Crippen LogP contribution in [0.2, 0.25) is 0 Å². The van der Waals surface area contributed by atoms with Crippen molar-refractivity contribution in [3.05, 3.63) is 0 Å². The maximum atomic E-state index is 11.9. The van der Waals surface area contributed by atoms with Crippen LogP contribution in [0.25, 0.3) is 0 Å². The minimum absolute atomic E-state index is 0.159. The van der Waals surface area contributed by atoms with Crippen molar-refractivity contribution in [1.29, 1.82) is 0 Å². The molecule has 1 rings (SSSR count). The van der Waals surface area contributed by atoms with Crippen molar-refractivity contribution in [2.24, 2.45) is 17.1 Å². The van der Waals surface area contributed by atoms with Gasteiger partial charge in [-0.2, -0.15) is 0 Å². The predicted molar refractivity (Wildman–Crippen MR) is 74.8 cm³/mol. The molecule has 1 atom stereocenters. The van der Waals surface area contributed by atoms with Crippen LogP contribution in [-0.4, -0.2) is 28.9 Å². The molecule has 1 aliphatic heterocycles. The fourth-order valence-electron chi connectivity index (χ4n) is 1.95. The Balaban J connectivity index is 2.50. The van der Waals surface area contributed by atoms with Crippen molar-refractivity contribution in [3.8, 4) is 0 Å². The average Bonchev–Trinajstić information content (AvgIpc) is 2.39. The molecule has 0 aromatic heterocycles. The molecule has 1 fully saturated rings. The third-order valence-corrected chi connectivity index (χ3v) is 4.32. The van der Waals surface area contributed by atoms with Crippen LogP contribution >= 0.6 is 12.2 Å². The van der Waals surface area contributed by atoms with E-state index in [1.165, 1.54) is 0 Å². The predicted octanol–water partition coefficient (Wildman–Crippen LogP) is 2.34. The number of rotatable bonds is 4. The molecule has 0 aliphatic carbocycles. The third-order valence-electron chi connectivity index (χ3n) is 3.77. The van der Waals surface area contributed by atoms with E-state index < -0.39 is 0 Å². The lowest BCUT2D eigenvalue weighted by molar-refractivity contribution is -0.130. The Morgan fingerprint density at radius 3 is 2.76 bits per heavy atom. The number of carbonyl (C=O) groups excluding carboxylic acids is 1. The first-order chi connectivity index (χ1) is 7.83. The molecule has 1 amide bonds. The standard InChI is InChI=1S/C13H24N2OS/c1-10-4-5-11(16)15(8-6-10)9-7-13(2,3)12(14)17/h10H,4-9H2,1-3H3,(H2,14,17). The fraction of sp³-hybridized carbons (Fsp3) is 0.846. The smallest absolute Gasteiger partial charge is 0.222 e. The zero-order valence-corrected chi connectivity index (χ0v) is 12.0. The highest BCUT2D eigenvalue weighted by Crippen LogP contribution is 2.23. The summed E-state index contributed by atoms with van der Waals surface area (Å²) < 4.78 is 0. The second-order valence-electron chi connectivity index (χ2n) is 5.81. The first kappa shape index (κ1) is 14.4. The Morgan fingerprint density at radius 1 is 1.53 bits per heavy atom. The number of hydrogen-bond acceptors (Lipinski definition) is 2. The summed E-state index contributed by atoms with van der Waals surface area (Å²) in [5.41, 5.74) is 5.54. The molecule has 4 heteroatoms. The van der Waals surface area contributed by atoms with Gasteiger partial charge >= 0.3 is 0 Å². The highest BCUT2D eigenvalue weighted by molar-refractivity contribution is 7.80. The molecule has 3 nitrogen and oxygen atoms in total. The number of nitrogens with zero attached hydrogens (tertiary/aromatic N) is 1. The Bertz CT molecular complexity index is 302. The molecular formula is C13H24N2OS. The van der Waals surface area contributed by atoms with E-state index in [2.05, 4.69) is 6.92 Å². The van der Waals surface area contributed by atoms with Gasteiger partial charge in [0.15, 0.2) is 0 Å². The van der Waals surface area contributed by atoms with E-state index in [0.29, 0.717) is 17.3 Å². The zero-order chi connectivity index (χ0) is 13.1. The van der Waals surface area contributed by atoms with Crippen LogP contribution in [0.3, 0.4) is 0 Å². The summed E-state index contributed by atoms with van der Waals surface area (Å²) >= 11 is 5.05. The van der Waals surface area contributed by atoms with Crippen molar-refractivity contribution >= 4 is 23.1 Å². The Hall–Kier alpha value is -0.640.